The number of alkyl carbamates (subject to hydrolysis) is 1. The molecule has 1 fully saturated rings. The summed E-state index contributed by atoms with van der Waals surface area (Å²) in [6, 6.07) is 19.1. The summed E-state index contributed by atoms with van der Waals surface area (Å²) < 4.78 is 12.8. The summed E-state index contributed by atoms with van der Waals surface area (Å²) in [6.45, 7) is 16.9. The summed E-state index contributed by atoms with van der Waals surface area (Å²) in [6.07, 6.45) is 11.9. The van der Waals surface area contributed by atoms with E-state index in [4.69, 9.17) is 4.74 Å². The lowest BCUT2D eigenvalue weighted by molar-refractivity contribution is -0.710. The summed E-state index contributed by atoms with van der Waals surface area (Å²) in [4.78, 5) is 44.8. The molecule has 2 atom stereocenters. The van der Waals surface area contributed by atoms with Crippen LogP contribution >= 0.6 is 0 Å². The molecule has 300 valence electrons. The van der Waals surface area contributed by atoms with Gasteiger partial charge in [-0.2, -0.15) is 0 Å². The molecule has 0 radical (unpaired) electrons. The summed E-state index contributed by atoms with van der Waals surface area (Å²) in [5.41, 5.74) is 7.26. The molecule has 1 saturated heterocycles. The molecule has 3 aliphatic rings. The van der Waals surface area contributed by atoms with E-state index < -0.39 is 17.7 Å². The second-order valence-corrected chi connectivity index (χ2v) is 15.7. The van der Waals surface area contributed by atoms with Crippen LogP contribution < -0.4 is 21.8 Å². The van der Waals surface area contributed by atoms with Crippen LogP contribution in [-0.4, -0.2) is 105 Å². The number of pyridine rings is 2. The minimum absolute atomic E-state index is 0.0480. The Labute approximate surface area is 334 Å². The van der Waals surface area contributed by atoms with Crippen molar-refractivity contribution in [3.05, 3.63) is 127 Å². The second-order valence-electron chi connectivity index (χ2n) is 15.7. The lowest BCUT2D eigenvalue weighted by atomic mass is 10.0. The molecule has 0 bridgehead atoms. The minimum Gasteiger partial charge on any atom is -0.444 e. The number of hydrogen-bond donors (Lipinski definition) is 3. The number of aliphatic hydroxyl groups excluding tert-OH is 1. The second kappa shape index (κ2) is 19.4. The average Bonchev–Trinajstić information content (AvgIpc) is 3.55. The molecular formula is C44H56N8O5+2. The summed E-state index contributed by atoms with van der Waals surface area (Å²) in [7, 11) is 0. The van der Waals surface area contributed by atoms with Gasteiger partial charge in [0.15, 0.2) is 12.4 Å². The number of carbonyl (C=O) groups excluding carboxylic acids is 1. The van der Waals surface area contributed by atoms with Crippen molar-refractivity contribution in [1.82, 2.24) is 19.8 Å². The van der Waals surface area contributed by atoms with E-state index in [0.29, 0.717) is 12.5 Å². The third-order valence-corrected chi connectivity index (χ3v) is 9.32. The SMILES string of the molecule is C1=NC=[N+](C[N+]2=CN=CC2)C1.Cc1cccc(-n2cc(C)c(CC(CO)NC(=O)OC(C)(C)C)cc2=O)c1.Cc1cccc(-n2cc(C)c(CC3CN3)cc2=O)c1. The average molecular weight is 777 g/mol. The van der Waals surface area contributed by atoms with Crippen LogP contribution in [0.15, 0.2) is 92.6 Å². The maximum absolute atomic E-state index is 12.6. The summed E-state index contributed by atoms with van der Waals surface area (Å²) in [5.74, 6) is 0. The lowest BCUT2D eigenvalue weighted by Gasteiger charge is -2.23. The number of aromatic nitrogens is 2. The van der Waals surface area contributed by atoms with E-state index in [1.165, 1.54) is 5.56 Å². The Morgan fingerprint density at radius 2 is 1.37 bits per heavy atom. The zero-order valence-electron chi connectivity index (χ0n) is 34.1. The number of amides is 1. The largest absolute Gasteiger partial charge is 0.444 e. The zero-order valence-corrected chi connectivity index (χ0v) is 34.1. The van der Waals surface area contributed by atoms with Crippen molar-refractivity contribution in [2.75, 3.05) is 32.9 Å². The molecule has 0 spiro atoms. The third-order valence-electron chi connectivity index (χ3n) is 9.32. The van der Waals surface area contributed by atoms with Gasteiger partial charge in [-0.1, -0.05) is 34.3 Å². The van der Waals surface area contributed by atoms with Gasteiger partial charge in [-0.3, -0.25) is 18.7 Å². The molecule has 5 heterocycles. The first kappa shape index (κ1) is 42.4. The standard InChI is InChI=1S/C21H28N2O4.C16H18N2O.C7H10N4/c1-14-7-6-8-18(9-14)23-12-15(2)16(11-19(23)25)10-17(13-24)22-20(26)27-21(3,4)5;1-11-4-3-5-15(6-11)18-10-12(2)13(8-16(18)19)7-14-9-17-14;1-3-10(5-8-1)7-11-4-2-9-6-11/h6-9,11-12,17,24H,10,13H2,1-5H3,(H,22,26);3-6,8,10,14,17H,7,9H2,1-2H3;1-2,5-6H,3-4,7H2/q;;+2. The molecule has 3 aliphatic heterocycles. The molecule has 0 saturated carbocycles. The molecule has 3 N–H and O–H groups in total. The van der Waals surface area contributed by atoms with Crippen LogP contribution in [0.5, 0.6) is 0 Å². The summed E-state index contributed by atoms with van der Waals surface area (Å²) >= 11 is 0. The van der Waals surface area contributed by atoms with E-state index in [2.05, 4.69) is 36.7 Å². The van der Waals surface area contributed by atoms with Crippen LogP contribution in [0.3, 0.4) is 0 Å². The van der Waals surface area contributed by atoms with Gasteiger partial charge < -0.3 is 20.5 Å². The molecule has 1 amide bonds. The number of aryl methyl sites for hydroxylation is 4. The van der Waals surface area contributed by atoms with E-state index in [1.807, 2.05) is 101 Å². The van der Waals surface area contributed by atoms with E-state index in [-0.39, 0.29) is 17.7 Å². The highest BCUT2D eigenvalue weighted by Crippen LogP contribution is 2.16. The predicted octanol–water partition coefficient (Wildman–Crippen LogP) is 4.05. The predicted molar refractivity (Wildman–Crippen MR) is 227 cm³/mol. The Balaban J connectivity index is 0.000000178. The number of ether oxygens (including phenoxy) is 1. The fourth-order valence-electron chi connectivity index (χ4n) is 6.24. The van der Waals surface area contributed by atoms with Gasteiger partial charge in [0.2, 0.25) is 6.67 Å². The first-order valence-corrected chi connectivity index (χ1v) is 19.3. The number of benzene rings is 2. The zero-order chi connectivity index (χ0) is 41.1. The topological polar surface area (TPSA) is 155 Å². The first-order chi connectivity index (χ1) is 27.2. The summed E-state index contributed by atoms with van der Waals surface area (Å²) in [5, 5.41) is 15.5. The minimum atomic E-state index is -0.617. The van der Waals surface area contributed by atoms with E-state index >= 15 is 0 Å². The number of nitrogens with zero attached hydrogens (tertiary/aromatic N) is 6. The van der Waals surface area contributed by atoms with Gasteiger partial charge in [-0.25, -0.2) is 13.9 Å². The van der Waals surface area contributed by atoms with Crippen LogP contribution in [-0.2, 0) is 17.6 Å². The maximum atomic E-state index is 12.6. The van der Waals surface area contributed by atoms with Crippen molar-refractivity contribution in [1.29, 1.82) is 0 Å². The smallest absolute Gasteiger partial charge is 0.407 e. The Bertz CT molecular complexity index is 2260. The first-order valence-electron chi connectivity index (χ1n) is 19.3. The van der Waals surface area contributed by atoms with Crippen LogP contribution in [0.1, 0.15) is 54.2 Å². The number of carbonyl (C=O) groups is 1. The van der Waals surface area contributed by atoms with Crippen LogP contribution in [0.25, 0.3) is 11.4 Å². The van der Waals surface area contributed by atoms with E-state index in [9.17, 15) is 19.5 Å². The molecule has 2 aromatic heterocycles. The van der Waals surface area contributed by atoms with Gasteiger partial charge in [0.25, 0.3) is 23.8 Å². The van der Waals surface area contributed by atoms with Crippen LogP contribution in [0, 0.1) is 27.7 Å². The number of rotatable bonds is 10. The fourth-order valence-corrected chi connectivity index (χ4v) is 6.24. The molecule has 2 unspecified atom stereocenters. The van der Waals surface area contributed by atoms with Gasteiger partial charge in [0.05, 0.1) is 12.6 Å². The van der Waals surface area contributed by atoms with Crippen molar-refractivity contribution in [2.24, 2.45) is 9.98 Å². The molecule has 13 nitrogen and oxygen atoms in total. The normalized spacial score (nSPS) is 15.8. The van der Waals surface area contributed by atoms with Crippen molar-refractivity contribution >= 4 is 31.2 Å². The molecule has 4 aromatic rings. The van der Waals surface area contributed by atoms with Crippen LogP contribution in [0.4, 0.5) is 4.79 Å². The van der Waals surface area contributed by atoms with Crippen molar-refractivity contribution in [2.45, 2.75) is 79.0 Å². The quantitative estimate of drug-likeness (QED) is 0.163. The highest BCUT2D eigenvalue weighted by atomic mass is 16.6. The van der Waals surface area contributed by atoms with Crippen LogP contribution in [0.2, 0.25) is 0 Å². The molecule has 57 heavy (non-hydrogen) atoms. The highest BCUT2D eigenvalue weighted by Gasteiger charge is 2.22. The Hall–Kier alpha value is -5.79. The van der Waals surface area contributed by atoms with Gasteiger partial charge in [0, 0.05) is 48.5 Å². The fraction of sp³-hybridized carbons (Fsp3) is 0.386. The monoisotopic (exact) mass is 776 g/mol. The number of hydrogen-bond acceptors (Lipinski definition) is 8. The molecule has 7 rings (SSSR count). The van der Waals surface area contributed by atoms with Crippen molar-refractivity contribution in [3.63, 3.8) is 0 Å². The highest BCUT2D eigenvalue weighted by molar-refractivity contribution is 5.75. The van der Waals surface area contributed by atoms with E-state index in [0.717, 1.165) is 71.9 Å². The molecule has 2 aromatic carbocycles. The molecule has 0 aliphatic carbocycles. The number of nitrogens with one attached hydrogen (secondary N) is 2. The van der Waals surface area contributed by atoms with Gasteiger partial charge in [-0.15, -0.1) is 0 Å². The third kappa shape index (κ3) is 13.1. The molecular weight excluding hydrogens is 721 g/mol. The van der Waals surface area contributed by atoms with Gasteiger partial charge in [0.1, 0.15) is 18.7 Å². The maximum Gasteiger partial charge on any atom is 0.407 e. The Morgan fingerprint density at radius 3 is 1.81 bits per heavy atom. The van der Waals surface area contributed by atoms with Crippen molar-refractivity contribution in [3.8, 4) is 11.4 Å². The lowest BCUT2D eigenvalue weighted by Crippen LogP contribution is -2.42. The van der Waals surface area contributed by atoms with E-state index in [1.54, 1.807) is 48.2 Å². The number of aliphatic imine (C=N–C) groups is 2. The Kier molecular flexibility index (Phi) is 14.4. The molecule has 13 heteroatoms. The van der Waals surface area contributed by atoms with Gasteiger partial charge >= 0.3 is 6.09 Å². The van der Waals surface area contributed by atoms with Gasteiger partial charge in [-0.05, 0) is 119 Å². The number of aliphatic hydroxyl groups is 1. The van der Waals surface area contributed by atoms with Crippen molar-refractivity contribution < 1.29 is 23.8 Å². The Morgan fingerprint density at radius 1 is 0.860 bits per heavy atom.